The summed E-state index contributed by atoms with van der Waals surface area (Å²) in [7, 11) is 2.16. The van der Waals surface area contributed by atoms with Gasteiger partial charge in [-0.25, -0.2) is 9.37 Å². The molecule has 33 heavy (non-hydrogen) atoms. The number of fused-ring (bicyclic) bond motifs is 1. The summed E-state index contributed by atoms with van der Waals surface area (Å²) in [5.74, 6) is 1.19. The van der Waals surface area contributed by atoms with E-state index in [-0.39, 0.29) is 5.54 Å². The number of likely N-dealkylation sites (N-methyl/N-ethyl adjacent to an activating group) is 1. The van der Waals surface area contributed by atoms with E-state index in [1.165, 1.54) is 5.69 Å². The van der Waals surface area contributed by atoms with Crippen molar-refractivity contribution in [2.24, 2.45) is 0 Å². The second-order valence-corrected chi connectivity index (χ2v) is 10.1. The molecule has 9 heteroatoms. The summed E-state index contributed by atoms with van der Waals surface area (Å²) in [6.07, 6.45) is 1.48. The van der Waals surface area contributed by atoms with Crippen LogP contribution in [0, 0.1) is 0 Å². The molecular weight excluding hydrogens is 419 g/mol. The SMILES string of the molecule is CN1CCN(c2ccc(Nc3nc(N4CC[C@H](F)C4)nc4c3ncn4C(C)(C)C)cc2)CC1. The highest BCUT2D eigenvalue weighted by molar-refractivity contribution is 5.87. The Morgan fingerprint density at radius 2 is 1.70 bits per heavy atom. The minimum Gasteiger partial charge on any atom is -0.369 e. The van der Waals surface area contributed by atoms with Crippen LogP contribution in [0.4, 0.5) is 27.5 Å². The number of alkyl halides is 1. The van der Waals surface area contributed by atoms with Crippen molar-refractivity contribution in [2.75, 3.05) is 61.4 Å². The van der Waals surface area contributed by atoms with Crippen molar-refractivity contribution in [3.8, 4) is 0 Å². The molecule has 0 unspecified atom stereocenters. The predicted octanol–water partition coefficient (Wildman–Crippen LogP) is 3.62. The molecular formula is C24H33FN8. The van der Waals surface area contributed by atoms with Crippen molar-refractivity contribution < 1.29 is 4.39 Å². The standard InChI is InChI=1S/C24H33FN8/c1-24(2,3)33-16-26-20-21(28-23(29-22(20)33)32-10-9-17(25)15-32)27-18-5-7-19(8-6-18)31-13-11-30(4)12-14-31/h5-8,16-17H,9-15H2,1-4H3,(H,27,28,29)/t17-/m0/s1. The van der Waals surface area contributed by atoms with E-state index >= 15 is 0 Å². The molecule has 1 aromatic carbocycles. The van der Waals surface area contributed by atoms with E-state index in [9.17, 15) is 4.39 Å². The maximum absolute atomic E-state index is 13.9. The molecule has 0 amide bonds. The number of nitrogens with zero attached hydrogens (tertiary/aromatic N) is 7. The van der Waals surface area contributed by atoms with Crippen LogP contribution in [0.3, 0.4) is 0 Å². The van der Waals surface area contributed by atoms with Gasteiger partial charge in [0, 0.05) is 49.6 Å². The van der Waals surface area contributed by atoms with E-state index in [0.29, 0.717) is 36.8 Å². The minimum atomic E-state index is -0.838. The molecule has 1 atom stereocenters. The van der Waals surface area contributed by atoms with Crippen LogP contribution < -0.4 is 15.1 Å². The van der Waals surface area contributed by atoms with Gasteiger partial charge in [0.25, 0.3) is 0 Å². The lowest BCUT2D eigenvalue weighted by Crippen LogP contribution is -2.44. The monoisotopic (exact) mass is 452 g/mol. The van der Waals surface area contributed by atoms with Crippen LogP contribution >= 0.6 is 0 Å². The van der Waals surface area contributed by atoms with E-state index < -0.39 is 6.17 Å². The molecule has 0 aliphatic carbocycles. The number of aromatic nitrogens is 4. The Kier molecular flexibility index (Phi) is 5.60. The molecule has 2 aromatic heterocycles. The van der Waals surface area contributed by atoms with E-state index in [4.69, 9.17) is 9.97 Å². The number of halogens is 1. The second-order valence-electron chi connectivity index (χ2n) is 10.1. The summed E-state index contributed by atoms with van der Waals surface area (Å²) < 4.78 is 16.0. The van der Waals surface area contributed by atoms with E-state index in [1.54, 1.807) is 0 Å². The van der Waals surface area contributed by atoms with Gasteiger partial charge in [0.05, 0.1) is 12.9 Å². The molecule has 0 saturated carbocycles. The third-order valence-corrected chi connectivity index (χ3v) is 6.52. The zero-order valence-corrected chi connectivity index (χ0v) is 19.9. The van der Waals surface area contributed by atoms with Crippen molar-refractivity contribution in [1.82, 2.24) is 24.4 Å². The average molecular weight is 453 g/mol. The molecule has 176 valence electrons. The molecule has 0 spiro atoms. The van der Waals surface area contributed by atoms with E-state index in [0.717, 1.165) is 37.5 Å². The number of rotatable bonds is 4. The van der Waals surface area contributed by atoms with Crippen LogP contribution in [0.5, 0.6) is 0 Å². The van der Waals surface area contributed by atoms with Gasteiger partial charge in [-0.1, -0.05) is 0 Å². The summed E-state index contributed by atoms with van der Waals surface area (Å²) >= 11 is 0. The van der Waals surface area contributed by atoms with Crippen molar-refractivity contribution >= 4 is 34.3 Å². The van der Waals surface area contributed by atoms with Crippen molar-refractivity contribution in [3.05, 3.63) is 30.6 Å². The topological polar surface area (TPSA) is 65.3 Å². The lowest BCUT2D eigenvalue weighted by molar-refractivity contribution is 0.313. The van der Waals surface area contributed by atoms with E-state index in [2.05, 4.69) is 76.8 Å². The zero-order valence-electron chi connectivity index (χ0n) is 19.9. The Labute approximate surface area is 194 Å². The number of hydrogen-bond donors (Lipinski definition) is 1. The number of anilines is 4. The Bertz CT molecular complexity index is 1110. The molecule has 0 bridgehead atoms. The predicted molar refractivity (Wildman–Crippen MR) is 131 cm³/mol. The van der Waals surface area contributed by atoms with Crippen molar-refractivity contribution in [1.29, 1.82) is 0 Å². The smallest absolute Gasteiger partial charge is 0.229 e. The molecule has 2 saturated heterocycles. The first-order chi connectivity index (χ1) is 15.8. The van der Waals surface area contributed by atoms with Crippen LogP contribution in [0.25, 0.3) is 11.2 Å². The fraction of sp³-hybridized carbons (Fsp3) is 0.542. The van der Waals surface area contributed by atoms with Crippen molar-refractivity contribution in [3.63, 3.8) is 0 Å². The molecule has 8 nitrogen and oxygen atoms in total. The van der Waals surface area contributed by atoms with Gasteiger partial charge in [-0.15, -0.1) is 0 Å². The van der Waals surface area contributed by atoms with Crippen LogP contribution in [0.15, 0.2) is 30.6 Å². The van der Waals surface area contributed by atoms with Crippen LogP contribution in [0.2, 0.25) is 0 Å². The summed E-state index contributed by atoms with van der Waals surface area (Å²) in [6, 6.07) is 8.45. The van der Waals surface area contributed by atoms with Gasteiger partial charge in [0.2, 0.25) is 5.95 Å². The second kappa shape index (κ2) is 8.44. The largest absolute Gasteiger partial charge is 0.369 e. The van der Waals surface area contributed by atoms with Gasteiger partial charge in [0.1, 0.15) is 6.17 Å². The molecule has 4 heterocycles. The number of benzene rings is 1. The van der Waals surface area contributed by atoms with E-state index in [1.807, 2.05) is 11.2 Å². The molecule has 2 fully saturated rings. The fourth-order valence-corrected chi connectivity index (χ4v) is 4.46. The molecule has 5 rings (SSSR count). The Morgan fingerprint density at radius 3 is 2.33 bits per heavy atom. The molecule has 3 aromatic rings. The Hall–Kier alpha value is -2.94. The zero-order chi connectivity index (χ0) is 23.2. The lowest BCUT2D eigenvalue weighted by atomic mass is 10.1. The number of hydrogen-bond acceptors (Lipinski definition) is 7. The summed E-state index contributed by atoms with van der Waals surface area (Å²) in [4.78, 5) is 20.9. The summed E-state index contributed by atoms with van der Waals surface area (Å²) in [5.41, 5.74) is 3.45. The van der Waals surface area contributed by atoms with Crippen molar-refractivity contribution in [2.45, 2.75) is 38.9 Å². The molecule has 1 N–H and O–H groups in total. The fourth-order valence-electron chi connectivity index (χ4n) is 4.46. The Morgan fingerprint density at radius 1 is 0.970 bits per heavy atom. The average Bonchev–Trinajstić information content (AvgIpc) is 3.41. The van der Waals surface area contributed by atoms with Gasteiger partial charge < -0.3 is 24.6 Å². The molecule has 0 radical (unpaired) electrons. The number of nitrogens with one attached hydrogen (secondary N) is 1. The first-order valence-corrected chi connectivity index (χ1v) is 11.7. The highest BCUT2D eigenvalue weighted by Crippen LogP contribution is 2.30. The van der Waals surface area contributed by atoms with Crippen LogP contribution in [-0.4, -0.2) is 76.9 Å². The van der Waals surface area contributed by atoms with Gasteiger partial charge in [-0.2, -0.15) is 9.97 Å². The number of piperazine rings is 1. The summed E-state index contributed by atoms with van der Waals surface area (Å²) in [6.45, 7) is 11.5. The first kappa shape index (κ1) is 21.9. The third kappa shape index (κ3) is 4.46. The quantitative estimate of drug-likeness (QED) is 0.649. The third-order valence-electron chi connectivity index (χ3n) is 6.52. The maximum atomic E-state index is 13.9. The minimum absolute atomic E-state index is 0.185. The maximum Gasteiger partial charge on any atom is 0.229 e. The van der Waals surface area contributed by atoms with Gasteiger partial charge in [0.15, 0.2) is 17.0 Å². The van der Waals surface area contributed by atoms with Gasteiger partial charge in [-0.3, -0.25) is 0 Å². The molecule has 2 aliphatic rings. The molecule has 2 aliphatic heterocycles. The summed E-state index contributed by atoms with van der Waals surface area (Å²) in [5, 5.41) is 3.45. The lowest BCUT2D eigenvalue weighted by Gasteiger charge is -2.34. The van der Waals surface area contributed by atoms with Gasteiger partial charge in [-0.05, 0) is 58.5 Å². The number of imidazole rings is 1. The first-order valence-electron chi connectivity index (χ1n) is 11.7. The van der Waals surface area contributed by atoms with Crippen LogP contribution in [-0.2, 0) is 5.54 Å². The highest BCUT2D eigenvalue weighted by atomic mass is 19.1. The van der Waals surface area contributed by atoms with Crippen LogP contribution in [0.1, 0.15) is 27.2 Å². The highest BCUT2D eigenvalue weighted by Gasteiger charge is 2.27. The Balaban J connectivity index is 1.46. The normalized spacial score (nSPS) is 20.1. The van der Waals surface area contributed by atoms with Gasteiger partial charge >= 0.3 is 0 Å².